The van der Waals surface area contributed by atoms with Gasteiger partial charge in [-0.1, -0.05) is 18.2 Å². The van der Waals surface area contributed by atoms with Crippen LogP contribution < -0.4 is 14.4 Å². The van der Waals surface area contributed by atoms with Crippen LogP contribution in [0, 0.1) is 0 Å². The molecule has 30 heavy (non-hydrogen) atoms. The van der Waals surface area contributed by atoms with Crippen LogP contribution in [0.15, 0.2) is 42.5 Å². The fraction of sp³-hybridized carbons (Fsp3) is 0.409. The van der Waals surface area contributed by atoms with Gasteiger partial charge in [-0.3, -0.25) is 4.90 Å². The molecule has 1 aliphatic rings. The quantitative estimate of drug-likeness (QED) is 0.669. The Morgan fingerprint density at radius 3 is 2.30 bits per heavy atom. The number of ether oxygens (including phenoxy) is 3. The van der Waals surface area contributed by atoms with Crippen LogP contribution in [0.2, 0.25) is 0 Å². The molecule has 1 atom stereocenters. The van der Waals surface area contributed by atoms with Crippen molar-refractivity contribution < 1.29 is 24.1 Å². The Morgan fingerprint density at radius 2 is 1.67 bits per heavy atom. The monoisotopic (exact) mass is 436 g/mol. The van der Waals surface area contributed by atoms with Gasteiger partial charge in [0.2, 0.25) is 0 Å². The van der Waals surface area contributed by atoms with Crippen molar-refractivity contribution >= 4 is 24.1 Å². The van der Waals surface area contributed by atoms with E-state index >= 15 is 0 Å². The number of esters is 1. The number of hydrogen-bond acceptors (Lipinski definition) is 7. The standard InChI is InChI=1S/C22H28N2O5.ClH/c1-27-20-9-8-16(14-17(20)22(26)29-3)19(25)15-23-10-12-24(13-11-23)18-6-4-5-7-21(18)28-2;/h4-9,14,19,25H,10-13,15H2,1-3H3;1H. The van der Waals surface area contributed by atoms with E-state index in [0.29, 0.717) is 23.4 Å². The van der Waals surface area contributed by atoms with E-state index in [2.05, 4.69) is 15.9 Å². The Labute approximate surface area is 183 Å². The number of para-hydroxylation sites is 2. The molecule has 1 heterocycles. The number of halogens is 1. The lowest BCUT2D eigenvalue weighted by Gasteiger charge is -2.37. The normalized spacial score (nSPS) is 15.1. The molecule has 0 saturated carbocycles. The molecule has 0 bridgehead atoms. The second-order valence-electron chi connectivity index (χ2n) is 6.93. The zero-order chi connectivity index (χ0) is 20.8. The number of rotatable bonds is 7. The number of nitrogens with zero attached hydrogens (tertiary/aromatic N) is 2. The third-order valence-electron chi connectivity index (χ3n) is 5.24. The van der Waals surface area contributed by atoms with Crippen LogP contribution in [-0.2, 0) is 4.74 Å². The van der Waals surface area contributed by atoms with Crippen LogP contribution in [0.25, 0.3) is 0 Å². The summed E-state index contributed by atoms with van der Waals surface area (Å²) in [5.41, 5.74) is 2.07. The second-order valence-corrected chi connectivity index (χ2v) is 6.93. The lowest BCUT2D eigenvalue weighted by Crippen LogP contribution is -2.47. The Kier molecular flexibility index (Phi) is 8.77. The SMILES string of the molecule is COC(=O)c1cc(C(O)CN2CCN(c3ccccc3OC)CC2)ccc1OC.Cl. The van der Waals surface area contributed by atoms with Gasteiger partial charge in [-0.05, 0) is 29.8 Å². The number of carbonyl (C=O) groups is 1. The highest BCUT2D eigenvalue weighted by atomic mass is 35.5. The molecule has 0 aliphatic carbocycles. The van der Waals surface area contributed by atoms with Crippen molar-refractivity contribution in [1.29, 1.82) is 0 Å². The zero-order valence-corrected chi connectivity index (χ0v) is 18.4. The number of aliphatic hydroxyl groups excluding tert-OH is 1. The van der Waals surface area contributed by atoms with E-state index in [1.165, 1.54) is 14.2 Å². The molecule has 2 aromatic rings. The largest absolute Gasteiger partial charge is 0.496 e. The topological polar surface area (TPSA) is 71.5 Å². The van der Waals surface area contributed by atoms with Gasteiger partial charge in [0, 0.05) is 32.7 Å². The number of carbonyl (C=O) groups excluding carboxylic acids is 1. The second kappa shape index (κ2) is 11.1. The Hall–Kier alpha value is -2.48. The minimum atomic E-state index is -0.706. The van der Waals surface area contributed by atoms with Crippen molar-refractivity contribution in [2.45, 2.75) is 6.10 Å². The van der Waals surface area contributed by atoms with Crippen molar-refractivity contribution in [3.63, 3.8) is 0 Å². The fourth-order valence-electron chi connectivity index (χ4n) is 3.61. The molecule has 0 radical (unpaired) electrons. The summed E-state index contributed by atoms with van der Waals surface area (Å²) >= 11 is 0. The summed E-state index contributed by atoms with van der Waals surface area (Å²) in [6, 6.07) is 13.1. The van der Waals surface area contributed by atoms with E-state index in [1.54, 1.807) is 25.3 Å². The van der Waals surface area contributed by atoms with Gasteiger partial charge < -0.3 is 24.2 Å². The maximum Gasteiger partial charge on any atom is 0.341 e. The average Bonchev–Trinajstić information content (AvgIpc) is 2.78. The predicted octanol–water partition coefficient (Wildman–Crippen LogP) is 2.77. The maximum absolute atomic E-state index is 12.0. The highest BCUT2D eigenvalue weighted by Gasteiger charge is 2.23. The van der Waals surface area contributed by atoms with Gasteiger partial charge in [0.25, 0.3) is 0 Å². The average molecular weight is 437 g/mol. The number of anilines is 1. The molecule has 1 N–H and O–H groups in total. The highest BCUT2D eigenvalue weighted by molar-refractivity contribution is 5.92. The number of benzene rings is 2. The van der Waals surface area contributed by atoms with Gasteiger partial charge in [0.1, 0.15) is 17.1 Å². The third kappa shape index (κ3) is 5.36. The molecule has 3 rings (SSSR count). The summed E-state index contributed by atoms with van der Waals surface area (Å²) in [5, 5.41) is 10.7. The van der Waals surface area contributed by atoms with Crippen LogP contribution in [0.4, 0.5) is 5.69 Å². The maximum atomic E-state index is 12.0. The van der Waals surface area contributed by atoms with E-state index in [9.17, 15) is 9.90 Å². The molecular formula is C22H29ClN2O5. The highest BCUT2D eigenvalue weighted by Crippen LogP contribution is 2.29. The summed E-state index contributed by atoms with van der Waals surface area (Å²) in [4.78, 5) is 16.5. The van der Waals surface area contributed by atoms with Crippen LogP contribution in [0.5, 0.6) is 11.5 Å². The smallest absolute Gasteiger partial charge is 0.341 e. The number of β-amino-alcohol motifs (C(OH)–C–C–N with tert-alkyl or cyclic N) is 1. The van der Waals surface area contributed by atoms with Gasteiger partial charge in [-0.25, -0.2) is 4.79 Å². The number of piperazine rings is 1. The number of aliphatic hydroxyl groups is 1. The van der Waals surface area contributed by atoms with Gasteiger partial charge in [0.05, 0.1) is 33.1 Å². The Morgan fingerprint density at radius 1 is 1.00 bits per heavy atom. The molecule has 0 spiro atoms. The Bertz CT molecular complexity index is 840. The van der Waals surface area contributed by atoms with Gasteiger partial charge in [-0.2, -0.15) is 0 Å². The molecule has 164 valence electrons. The molecule has 1 fully saturated rings. The summed E-state index contributed by atoms with van der Waals surface area (Å²) in [7, 11) is 4.51. The molecule has 1 saturated heterocycles. The first kappa shape index (κ1) is 23.8. The molecule has 2 aromatic carbocycles. The first-order valence-electron chi connectivity index (χ1n) is 9.62. The predicted molar refractivity (Wildman–Crippen MR) is 118 cm³/mol. The minimum Gasteiger partial charge on any atom is -0.496 e. The molecule has 8 heteroatoms. The summed E-state index contributed by atoms with van der Waals surface area (Å²) in [6.45, 7) is 3.85. The van der Waals surface area contributed by atoms with E-state index in [1.807, 2.05) is 18.2 Å². The first-order chi connectivity index (χ1) is 14.1. The number of methoxy groups -OCH3 is 3. The van der Waals surface area contributed by atoms with Crippen LogP contribution in [0.3, 0.4) is 0 Å². The van der Waals surface area contributed by atoms with E-state index in [0.717, 1.165) is 37.6 Å². The lowest BCUT2D eigenvalue weighted by atomic mass is 10.0. The van der Waals surface area contributed by atoms with Crippen molar-refractivity contribution in [2.75, 3.05) is 59.0 Å². The van der Waals surface area contributed by atoms with Gasteiger partial charge >= 0.3 is 5.97 Å². The van der Waals surface area contributed by atoms with Crippen LogP contribution in [0.1, 0.15) is 22.0 Å². The lowest BCUT2D eigenvalue weighted by molar-refractivity contribution is 0.0596. The zero-order valence-electron chi connectivity index (χ0n) is 17.5. The molecular weight excluding hydrogens is 408 g/mol. The Balaban J connectivity index is 0.00000320. The van der Waals surface area contributed by atoms with Gasteiger partial charge in [-0.15, -0.1) is 12.4 Å². The summed E-state index contributed by atoms with van der Waals surface area (Å²) in [5.74, 6) is 0.814. The molecule has 1 unspecified atom stereocenters. The van der Waals surface area contributed by atoms with E-state index in [4.69, 9.17) is 14.2 Å². The van der Waals surface area contributed by atoms with Crippen LogP contribution in [-0.4, -0.2) is 70.0 Å². The van der Waals surface area contributed by atoms with Crippen molar-refractivity contribution in [1.82, 2.24) is 4.90 Å². The van der Waals surface area contributed by atoms with Crippen molar-refractivity contribution in [3.8, 4) is 11.5 Å². The molecule has 0 aromatic heterocycles. The molecule has 1 aliphatic heterocycles. The fourth-order valence-corrected chi connectivity index (χ4v) is 3.61. The van der Waals surface area contributed by atoms with Crippen LogP contribution >= 0.6 is 12.4 Å². The summed E-state index contributed by atoms with van der Waals surface area (Å²) < 4.78 is 15.5. The molecule has 7 nitrogen and oxygen atoms in total. The third-order valence-corrected chi connectivity index (χ3v) is 5.24. The van der Waals surface area contributed by atoms with Gasteiger partial charge in [0.15, 0.2) is 0 Å². The van der Waals surface area contributed by atoms with E-state index in [-0.39, 0.29) is 12.4 Å². The number of hydrogen-bond donors (Lipinski definition) is 1. The first-order valence-corrected chi connectivity index (χ1v) is 9.62. The minimum absolute atomic E-state index is 0. The van der Waals surface area contributed by atoms with Crippen molar-refractivity contribution in [3.05, 3.63) is 53.6 Å². The molecule has 0 amide bonds. The van der Waals surface area contributed by atoms with Crippen molar-refractivity contribution in [2.24, 2.45) is 0 Å². The summed E-state index contributed by atoms with van der Waals surface area (Å²) in [6.07, 6.45) is -0.706. The van der Waals surface area contributed by atoms with E-state index < -0.39 is 12.1 Å².